The highest BCUT2D eigenvalue weighted by atomic mass is 35.5. The summed E-state index contributed by atoms with van der Waals surface area (Å²) in [6, 6.07) is 19.8. The Labute approximate surface area is 179 Å². The molecule has 0 fully saturated rings. The second-order valence-electron chi connectivity index (χ2n) is 7.21. The van der Waals surface area contributed by atoms with Gasteiger partial charge in [-0.3, -0.25) is 9.69 Å². The molecule has 0 aliphatic carbocycles. The fourth-order valence-corrected chi connectivity index (χ4v) is 4.57. The number of halogens is 1. The van der Waals surface area contributed by atoms with Gasteiger partial charge in [0.25, 0.3) is 5.91 Å². The van der Waals surface area contributed by atoms with Gasteiger partial charge in [-0.25, -0.2) is 4.98 Å². The number of thiazole rings is 1. The number of rotatable bonds is 4. The molecule has 1 heterocycles. The number of fused-ring (bicyclic) bond motifs is 1. The van der Waals surface area contributed by atoms with Crippen molar-refractivity contribution in [2.75, 3.05) is 4.90 Å². The molecule has 0 unspecified atom stereocenters. The summed E-state index contributed by atoms with van der Waals surface area (Å²) in [5.74, 6) is -0.0471. The largest absolute Gasteiger partial charge is 0.279 e. The summed E-state index contributed by atoms with van der Waals surface area (Å²) in [7, 11) is 0. The molecule has 3 nitrogen and oxygen atoms in total. The van der Waals surface area contributed by atoms with Crippen LogP contribution >= 0.6 is 22.9 Å². The lowest BCUT2D eigenvalue weighted by atomic mass is 10.0. The molecule has 29 heavy (non-hydrogen) atoms. The zero-order valence-corrected chi connectivity index (χ0v) is 18.1. The van der Waals surface area contributed by atoms with Crippen LogP contribution < -0.4 is 4.90 Å². The van der Waals surface area contributed by atoms with Crippen molar-refractivity contribution in [3.63, 3.8) is 0 Å². The number of amides is 1. The van der Waals surface area contributed by atoms with Crippen LogP contribution in [0.5, 0.6) is 0 Å². The van der Waals surface area contributed by atoms with Crippen molar-refractivity contribution >= 4 is 44.2 Å². The predicted octanol–water partition coefficient (Wildman–Crippen LogP) is 6.72. The first-order valence-electron chi connectivity index (χ1n) is 9.42. The Balaban J connectivity index is 1.82. The molecule has 4 rings (SSSR count). The van der Waals surface area contributed by atoms with Crippen LogP contribution in [-0.4, -0.2) is 10.9 Å². The molecule has 0 saturated carbocycles. The van der Waals surface area contributed by atoms with Gasteiger partial charge in [-0.2, -0.15) is 0 Å². The summed E-state index contributed by atoms with van der Waals surface area (Å²) in [5, 5.41) is 1.36. The molecule has 0 radical (unpaired) electrons. The van der Waals surface area contributed by atoms with Gasteiger partial charge in [-0.05, 0) is 55.7 Å². The standard InChI is InChI=1S/C24H21ClN2OS/c1-15-9-10-19(16(2)13-15)23(28)27(14-18-7-5-4-6-8-18)24-26-22-17(3)20(25)11-12-21(22)29-24/h4-13H,14H2,1-3H3. The molecule has 0 spiro atoms. The second-order valence-corrected chi connectivity index (χ2v) is 8.63. The Morgan fingerprint density at radius 2 is 1.79 bits per heavy atom. The van der Waals surface area contributed by atoms with Crippen molar-refractivity contribution < 1.29 is 4.79 Å². The fraction of sp³-hybridized carbons (Fsp3) is 0.167. The van der Waals surface area contributed by atoms with Crippen molar-refractivity contribution in [3.05, 3.63) is 93.5 Å². The Morgan fingerprint density at radius 1 is 1.03 bits per heavy atom. The molecule has 146 valence electrons. The smallest absolute Gasteiger partial charge is 0.260 e. The van der Waals surface area contributed by atoms with Crippen LogP contribution in [0.4, 0.5) is 5.13 Å². The van der Waals surface area contributed by atoms with Gasteiger partial charge in [0.2, 0.25) is 0 Å². The van der Waals surface area contributed by atoms with Crippen molar-refractivity contribution in [1.82, 2.24) is 4.98 Å². The summed E-state index contributed by atoms with van der Waals surface area (Å²) in [6.07, 6.45) is 0. The molecule has 0 atom stereocenters. The number of hydrogen-bond acceptors (Lipinski definition) is 3. The molecular weight excluding hydrogens is 400 g/mol. The quantitative estimate of drug-likeness (QED) is 0.367. The number of carbonyl (C=O) groups is 1. The van der Waals surface area contributed by atoms with Crippen LogP contribution in [-0.2, 0) is 6.54 Å². The van der Waals surface area contributed by atoms with E-state index in [4.69, 9.17) is 16.6 Å². The third kappa shape index (κ3) is 3.91. The van der Waals surface area contributed by atoms with Gasteiger partial charge in [0, 0.05) is 10.6 Å². The first kappa shape index (κ1) is 19.6. The minimum atomic E-state index is -0.0471. The minimum Gasteiger partial charge on any atom is -0.279 e. The van der Waals surface area contributed by atoms with Crippen molar-refractivity contribution in [2.24, 2.45) is 0 Å². The highest BCUT2D eigenvalue weighted by Gasteiger charge is 2.23. The van der Waals surface area contributed by atoms with E-state index in [-0.39, 0.29) is 5.91 Å². The Bertz CT molecular complexity index is 1200. The van der Waals surface area contributed by atoms with E-state index in [2.05, 4.69) is 0 Å². The van der Waals surface area contributed by atoms with E-state index in [1.54, 1.807) is 4.90 Å². The molecule has 4 aromatic rings. The van der Waals surface area contributed by atoms with E-state index >= 15 is 0 Å². The maximum absolute atomic E-state index is 13.6. The number of anilines is 1. The molecule has 0 aliphatic heterocycles. The zero-order chi connectivity index (χ0) is 20.5. The molecule has 1 amide bonds. The van der Waals surface area contributed by atoms with E-state index < -0.39 is 0 Å². The monoisotopic (exact) mass is 420 g/mol. The third-order valence-electron chi connectivity index (χ3n) is 5.01. The Kier molecular flexibility index (Phi) is 5.39. The van der Waals surface area contributed by atoms with Gasteiger partial charge in [0.15, 0.2) is 5.13 Å². The van der Waals surface area contributed by atoms with E-state index in [0.29, 0.717) is 22.3 Å². The van der Waals surface area contributed by atoms with Gasteiger partial charge in [0.1, 0.15) is 0 Å². The number of hydrogen-bond donors (Lipinski definition) is 0. The Morgan fingerprint density at radius 3 is 2.52 bits per heavy atom. The minimum absolute atomic E-state index is 0.0471. The van der Waals surface area contributed by atoms with Gasteiger partial charge in [-0.1, -0.05) is 71.0 Å². The first-order valence-corrected chi connectivity index (χ1v) is 10.6. The lowest BCUT2D eigenvalue weighted by Crippen LogP contribution is -2.31. The van der Waals surface area contributed by atoms with Gasteiger partial charge in [-0.15, -0.1) is 0 Å². The van der Waals surface area contributed by atoms with Crippen LogP contribution in [0.3, 0.4) is 0 Å². The van der Waals surface area contributed by atoms with E-state index in [0.717, 1.165) is 32.5 Å². The molecule has 1 aromatic heterocycles. The highest BCUT2D eigenvalue weighted by Crippen LogP contribution is 2.35. The average molecular weight is 421 g/mol. The summed E-state index contributed by atoms with van der Waals surface area (Å²) in [4.78, 5) is 20.1. The first-order chi connectivity index (χ1) is 13.9. The second kappa shape index (κ2) is 7.97. The molecular formula is C24H21ClN2OS. The number of aromatic nitrogens is 1. The van der Waals surface area contributed by atoms with E-state index in [1.807, 2.05) is 81.4 Å². The number of benzene rings is 3. The van der Waals surface area contributed by atoms with Crippen LogP contribution in [0.2, 0.25) is 5.02 Å². The molecule has 0 aliphatic rings. The van der Waals surface area contributed by atoms with Crippen LogP contribution in [0.15, 0.2) is 60.7 Å². The fourth-order valence-electron chi connectivity index (χ4n) is 3.40. The van der Waals surface area contributed by atoms with E-state index in [1.165, 1.54) is 11.3 Å². The third-order valence-corrected chi connectivity index (χ3v) is 6.46. The number of carbonyl (C=O) groups excluding carboxylic acids is 1. The van der Waals surface area contributed by atoms with Crippen LogP contribution in [0.25, 0.3) is 10.2 Å². The van der Waals surface area contributed by atoms with Gasteiger partial charge >= 0.3 is 0 Å². The molecule has 0 saturated heterocycles. The van der Waals surface area contributed by atoms with Crippen molar-refractivity contribution in [3.8, 4) is 0 Å². The molecule has 0 bridgehead atoms. The maximum atomic E-state index is 13.6. The summed E-state index contributed by atoms with van der Waals surface area (Å²) in [5.41, 5.74) is 5.64. The van der Waals surface area contributed by atoms with Gasteiger partial charge in [0.05, 0.1) is 16.8 Å². The number of aryl methyl sites for hydroxylation is 3. The zero-order valence-electron chi connectivity index (χ0n) is 16.6. The molecule has 3 aromatic carbocycles. The lowest BCUT2D eigenvalue weighted by molar-refractivity contribution is 0.0984. The Hall–Kier alpha value is -2.69. The molecule has 5 heteroatoms. The van der Waals surface area contributed by atoms with Crippen LogP contribution in [0.1, 0.15) is 32.6 Å². The topological polar surface area (TPSA) is 33.2 Å². The van der Waals surface area contributed by atoms with Crippen molar-refractivity contribution in [1.29, 1.82) is 0 Å². The predicted molar refractivity (Wildman–Crippen MR) is 122 cm³/mol. The SMILES string of the molecule is Cc1ccc(C(=O)N(Cc2ccccc2)c2nc3c(C)c(Cl)ccc3s2)c(C)c1. The highest BCUT2D eigenvalue weighted by molar-refractivity contribution is 7.22. The lowest BCUT2D eigenvalue weighted by Gasteiger charge is -2.21. The summed E-state index contributed by atoms with van der Waals surface area (Å²) in [6.45, 7) is 6.42. The van der Waals surface area contributed by atoms with E-state index in [9.17, 15) is 4.79 Å². The average Bonchev–Trinajstić information content (AvgIpc) is 3.14. The summed E-state index contributed by atoms with van der Waals surface area (Å²) >= 11 is 7.80. The summed E-state index contributed by atoms with van der Waals surface area (Å²) < 4.78 is 1.02. The van der Waals surface area contributed by atoms with Crippen LogP contribution in [0, 0.1) is 20.8 Å². The van der Waals surface area contributed by atoms with Crippen molar-refractivity contribution in [2.45, 2.75) is 27.3 Å². The normalized spacial score (nSPS) is 11.0. The molecule has 0 N–H and O–H groups in total. The van der Waals surface area contributed by atoms with Gasteiger partial charge < -0.3 is 0 Å². The maximum Gasteiger partial charge on any atom is 0.260 e. The number of nitrogens with zero attached hydrogens (tertiary/aromatic N) is 2.